The van der Waals surface area contributed by atoms with Crippen molar-refractivity contribution in [2.45, 2.75) is 26.7 Å². The van der Waals surface area contributed by atoms with Crippen molar-refractivity contribution in [3.63, 3.8) is 0 Å². The van der Waals surface area contributed by atoms with Crippen molar-refractivity contribution in [3.05, 3.63) is 35.5 Å². The lowest BCUT2D eigenvalue weighted by molar-refractivity contribution is 0.427. The van der Waals surface area contributed by atoms with Gasteiger partial charge in [0.25, 0.3) is 0 Å². The topological polar surface area (TPSA) is 52.0 Å². The van der Waals surface area contributed by atoms with E-state index >= 15 is 0 Å². The van der Waals surface area contributed by atoms with E-state index in [1.54, 1.807) is 0 Å². The van der Waals surface area contributed by atoms with Gasteiger partial charge >= 0.3 is 0 Å². The van der Waals surface area contributed by atoms with E-state index in [0.717, 1.165) is 29.7 Å². The molecular weight excluding hydrogens is 200 g/mol. The van der Waals surface area contributed by atoms with Crippen LogP contribution in [0.4, 0.5) is 5.88 Å². The molecule has 16 heavy (non-hydrogen) atoms. The second kappa shape index (κ2) is 4.39. The van der Waals surface area contributed by atoms with Crippen LogP contribution in [0.25, 0.3) is 11.1 Å². The van der Waals surface area contributed by atoms with E-state index in [1.807, 2.05) is 0 Å². The van der Waals surface area contributed by atoms with Gasteiger partial charge in [0.2, 0.25) is 5.88 Å². The lowest BCUT2D eigenvalue weighted by Crippen LogP contribution is -1.90. The van der Waals surface area contributed by atoms with Gasteiger partial charge in [0.1, 0.15) is 0 Å². The quantitative estimate of drug-likeness (QED) is 0.857. The highest BCUT2D eigenvalue weighted by atomic mass is 16.5. The highest BCUT2D eigenvalue weighted by molar-refractivity contribution is 5.75. The van der Waals surface area contributed by atoms with Crippen LogP contribution in [0.2, 0.25) is 0 Å². The molecule has 2 aromatic rings. The van der Waals surface area contributed by atoms with Gasteiger partial charge in [-0.05, 0) is 18.9 Å². The van der Waals surface area contributed by atoms with Crippen molar-refractivity contribution in [1.82, 2.24) is 5.16 Å². The van der Waals surface area contributed by atoms with Crippen LogP contribution in [0.5, 0.6) is 0 Å². The minimum absolute atomic E-state index is 0.410. The second-order valence-electron chi connectivity index (χ2n) is 3.98. The number of nitrogens with zero attached hydrogens (tertiary/aromatic N) is 1. The summed E-state index contributed by atoms with van der Waals surface area (Å²) in [5, 5.41) is 4.00. The van der Waals surface area contributed by atoms with Crippen LogP contribution in [0.3, 0.4) is 0 Å². The Bertz CT molecular complexity index is 471. The summed E-state index contributed by atoms with van der Waals surface area (Å²) in [6.45, 7) is 4.18. The number of aromatic nitrogens is 1. The maximum Gasteiger partial charge on any atom is 0.230 e. The maximum atomic E-state index is 5.81. The fourth-order valence-corrected chi connectivity index (χ4v) is 1.77. The molecule has 0 fully saturated rings. The first kappa shape index (κ1) is 10.7. The third kappa shape index (κ3) is 1.94. The Labute approximate surface area is 95.3 Å². The van der Waals surface area contributed by atoms with Gasteiger partial charge in [0, 0.05) is 0 Å². The van der Waals surface area contributed by atoms with Crippen LogP contribution < -0.4 is 5.73 Å². The lowest BCUT2D eigenvalue weighted by Gasteiger charge is -2.02. The molecular formula is C13H16N2O. The van der Waals surface area contributed by atoms with Crippen LogP contribution >= 0.6 is 0 Å². The summed E-state index contributed by atoms with van der Waals surface area (Å²) in [5.74, 6) is 0.410. The van der Waals surface area contributed by atoms with E-state index in [1.165, 1.54) is 5.56 Å². The summed E-state index contributed by atoms with van der Waals surface area (Å²) >= 11 is 0. The molecule has 0 bridgehead atoms. The summed E-state index contributed by atoms with van der Waals surface area (Å²) < 4.78 is 5.06. The van der Waals surface area contributed by atoms with Crippen molar-refractivity contribution in [2.75, 3.05) is 5.73 Å². The van der Waals surface area contributed by atoms with Gasteiger partial charge in [-0.1, -0.05) is 48.3 Å². The number of anilines is 1. The summed E-state index contributed by atoms with van der Waals surface area (Å²) in [7, 11) is 0. The molecule has 0 saturated carbocycles. The zero-order valence-electron chi connectivity index (χ0n) is 9.66. The van der Waals surface area contributed by atoms with Crippen molar-refractivity contribution >= 4 is 5.88 Å². The Kier molecular flexibility index (Phi) is 2.95. The number of benzene rings is 1. The average Bonchev–Trinajstić information content (AvgIpc) is 2.62. The molecule has 1 heterocycles. The summed E-state index contributed by atoms with van der Waals surface area (Å²) in [6, 6.07) is 8.24. The molecule has 0 aliphatic carbocycles. The Morgan fingerprint density at radius 3 is 2.56 bits per heavy atom. The largest absolute Gasteiger partial charge is 0.367 e. The van der Waals surface area contributed by atoms with Crippen LogP contribution in [0.1, 0.15) is 24.6 Å². The second-order valence-corrected chi connectivity index (χ2v) is 3.98. The van der Waals surface area contributed by atoms with Gasteiger partial charge in [0.15, 0.2) is 0 Å². The molecule has 2 N–H and O–H groups in total. The molecule has 0 radical (unpaired) electrons. The van der Waals surface area contributed by atoms with Crippen LogP contribution in [0.15, 0.2) is 28.8 Å². The SMILES string of the molecule is CCCc1noc(N)c1-c1ccc(C)cc1. The molecule has 0 saturated heterocycles. The molecule has 84 valence electrons. The van der Waals surface area contributed by atoms with E-state index in [4.69, 9.17) is 10.3 Å². The summed E-state index contributed by atoms with van der Waals surface area (Å²) in [5.41, 5.74) is 10.0. The fraction of sp³-hybridized carbons (Fsp3) is 0.308. The number of rotatable bonds is 3. The zero-order valence-corrected chi connectivity index (χ0v) is 9.66. The summed E-state index contributed by atoms with van der Waals surface area (Å²) in [4.78, 5) is 0. The highest BCUT2D eigenvalue weighted by Gasteiger charge is 2.14. The predicted molar refractivity (Wildman–Crippen MR) is 65.1 cm³/mol. The van der Waals surface area contributed by atoms with Gasteiger partial charge in [-0.25, -0.2) is 0 Å². The normalized spacial score (nSPS) is 10.6. The molecule has 0 atom stereocenters. The molecule has 3 heteroatoms. The van der Waals surface area contributed by atoms with Crippen molar-refractivity contribution < 1.29 is 4.52 Å². The minimum Gasteiger partial charge on any atom is -0.367 e. The van der Waals surface area contributed by atoms with Gasteiger partial charge in [-0.15, -0.1) is 0 Å². The van der Waals surface area contributed by atoms with Gasteiger partial charge < -0.3 is 10.3 Å². The van der Waals surface area contributed by atoms with E-state index in [0.29, 0.717) is 5.88 Å². The molecule has 2 rings (SSSR count). The van der Waals surface area contributed by atoms with Gasteiger partial charge in [-0.3, -0.25) is 0 Å². The number of hydrogen-bond acceptors (Lipinski definition) is 3. The number of hydrogen-bond donors (Lipinski definition) is 1. The average molecular weight is 216 g/mol. The first-order valence-corrected chi connectivity index (χ1v) is 5.53. The number of nitrogens with two attached hydrogens (primary N) is 1. The van der Waals surface area contributed by atoms with E-state index in [-0.39, 0.29) is 0 Å². The minimum atomic E-state index is 0.410. The third-order valence-corrected chi connectivity index (χ3v) is 2.62. The van der Waals surface area contributed by atoms with Gasteiger partial charge in [-0.2, -0.15) is 0 Å². The fourth-order valence-electron chi connectivity index (χ4n) is 1.77. The third-order valence-electron chi connectivity index (χ3n) is 2.62. The van der Waals surface area contributed by atoms with Crippen LogP contribution in [-0.4, -0.2) is 5.16 Å². The van der Waals surface area contributed by atoms with E-state index < -0.39 is 0 Å². The Balaban J connectivity index is 2.45. The standard InChI is InChI=1S/C13H16N2O/c1-3-4-11-12(13(14)16-15-11)10-7-5-9(2)6-8-10/h5-8H,3-4,14H2,1-2H3. The molecule has 0 aliphatic rings. The lowest BCUT2D eigenvalue weighted by atomic mass is 10.0. The summed E-state index contributed by atoms with van der Waals surface area (Å²) in [6.07, 6.45) is 1.93. The number of nitrogen functional groups attached to an aromatic ring is 1. The first-order valence-electron chi connectivity index (χ1n) is 5.53. The van der Waals surface area contributed by atoms with Crippen molar-refractivity contribution in [1.29, 1.82) is 0 Å². The Morgan fingerprint density at radius 2 is 1.94 bits per heavy atom. The van der Waals surface area contributed by atoms with Crippen molar-refractivity contribution in [3.8, 4) is 11.1 Å². The molecule has 0 amide bonds. The smallest absolute Gasteiger partial charge is 0.230 e. The molecule has 0 aliphatic heterocycles. The monoisotopic (exact) mass is 216 g/mol. The first-order chi connectivity index (χ1) is 7.72. The Morgan fingerprint density at radius 1 is 1.25 bits per heavy atom. The van der Waals surface area contributed by atoms with Crippen molar-refractivity contribution in [2.24, 2.45) is 0 Å². The molecule has 1 aromatic heterocycles. The number of aryl methyl sites for hydroxylation is 2. The van der Waals surface area contributed by atoms with Gasteiger partial charge in [0.05, 0.1) is 11.3 Å². The van der Waals surface area contributed by atoms with E-state index in [2.05, 4.69) is 43.3 Å². The van der Waals surface area contributed by atoms with E-state index in [9.17, 15) is 0 Å². The molecule has 0 spiro atoms. The highest BCUT2D eigenvalue weighted by Crippen LogP contribution is 2.30. The predicted octanol–water partition coefficient (Wildman–Crippen LogP) is 3.18. The zero-order chi connectivity index (χ0) is 11.5. The maximum absolute atomic E-state index is 5.81. The van der Waals surface area contributed by atoms with Crippen LogP contribution in [0, 0.1) is 6.92 Å². The molecule has 0 unspecified atom stereocenters. The molecule has 3 nitrogen and oxygen atoms in total. The molecule has 1 aromatic carbocycles. The van der Waals surface area contributed by atoms with Crippen LogP contribution in [-0.2, 0) is 6.42 Å². The Hall–Kier alpha value is -1.77.